The van der Waals surface area contributed by atoms with Gasteiger partial charge < -0.3 is 5.32 Å². The molecule has 2 rings (SSSR count). The molecule has 0 heterocycles. The topological polar surface area (TPSA) is 35.8 Å². The van der Waals surface area contributed by atoms with Crippen LogP contribution in [0.4, 0.5) is 0 Å². The molecule has 0 saturated carbocycles. The monoisotopic (exact) mass is 278 g/mol. The van der Waals surface area contributed by atoms with Gasteiger partial charge in [0.05, 0.1) is 11.6 Å². The number of rotatable bonds is 6. The molecule has 21 heavy (non-hydrogen) atoms. The molecule has 2 unspecified atom stereocenters. The van der Waals surface area contributed by atoms with Gasteiger partial charge in [0.1, 0.15) is 0 Å². The standard InChI is InChI=1S/C19H22N2/c1-3-7-19(18-8-5-4-6-9-18)21-15(2)17-12-10-16(14-20)11-13-17/h4-6,8-13,15,19,21H,3,7H2,1-2H3. The van der Waals surface area contributed by atoms with E-state index in [9.17, 15) is 0 Å². The molecular weight excluding hydrogens is 256 g/mol. The van der Waals surface area contributed by atoms with Gasteiger partial charge in [0.2, 0.25) is 0 Å². The molecule has 0 bridgehead atoms. The summed E-state index contributed by atoms with van der Waals surface area (Å²) in [6, 6.07) is 21.2. The van der Waals surface area contributed by atoms with Gasteiger partial charge in [-0.2, -0.15) is 5.26 Å². The zero-order valence-electron chi connectivity index (χ0n) is 12.7. The normalized spacial score (nSPS) is 13.4. The number of hydrogen-bond acceptors (Lipinski definition) is 2. The zero-order valence-corrected chi connectivity index (χ0v) is 12.7. The molecule has 1 N–H and O–H groups in total. The highest BCUT2D eigenvalue weighted by Crippen LogP contribution is 2.23. The van der Waals surface area contributed by atoms with Gasteiger partial charge in [0, 0.05) is 12.1 Å². The van der Waals surface area contributed by atoms with Crippen molar-refractivity contribution in [2.45, 2.75) is 38.8 Å². The first-order valence-electron chi connectivity index (χ1n) is 7.55. The molecular formula is C19H22N2. The second kappa shape index (κ2) is 7.61. The van der Waals surface area contributed by atoms with E-state index in [1.807, 2.05) is 24.3 Å². The Morgan fingerprint density at radius 2 is 1.67 bits per heavy atom. The maximum atomic E-state index is 8.87. The molecule has 0 radical (unpaired) electrons. The maximum Gasteiger partial charge on any atom is 0.0991 e. The van der Waals surface area contributed by atoms with Crippen molar-refractivity contribution >= 4 is 0 Å². The van der Waals surface area contributed by atoms with Crippen molar-refractivity contribution in [1.29, 1.82) is 5.26 Å². The van der Waals surface area contributed by atoms with Gasteiger partial charge in [-0.1, -0.05) is 55.8 Å². The third-order valence-electron chi connectivity index (χ3n) is 3.77. The number of hydrogen-bond donors (Lipinski definition) is 1. The summed E-state index contributed by atoms with van der Waals surface area (Å²) in [5.41, 5.74) is 3.25. The fourth-order valence-corrected chi connectivity index (χ4v) is 2.56. The van der Waals surface area contributed by atoms with Crippen molar-refractivity contribution in [2.24, 2.45) is 0 Å². The molecule has 108 valence electrons. The summed E-state index contributed by atoms with van der Waals surface area (Å²) in [4.78, 5) is 0. The SMILES string of the molecule is CCCC(NC(C)c1ccc(C#N)cc1)c1ccccc1. The Balaban J connectivity index is 2.10. The van der Waals surface area contributed by atoms with Crippen LogP contribution in [-0.2, 0) is 0 Å². The lowest BCUT2D eigenvalue weighted by molar-refractivity contribution is 0.439. The van der Waals surface area contributed by atoms with Crippen molar-refractivity contribution in [3.05, 3.63) is 71.3 Å². The summed E-state index contributed by atoms with van der Waals surface area (Å²) in [5, 5.41) is 12.6. The Hall–Kier alpha value is -2.11. The van der Waals surface area contributed by atoms with Crippen molar-refractivity contribution < 1.29 is 0 Å². The van der Waals surface area contributed by atoms with Crippen LogP contribution in [-0.4, -0.2) is 0 Å². The fraction of sp³-hybridized carbons (Fsp3) is 0.316. The van der Waals surface area contributed by atoms with Crippen LogP contribution in [0.15, 0.2) is 54.6 Å². The molecule has 2 aromatic rings. The van der Waals surface area contributed by atoms with E-state index in [-0.39, 0.29) is 6.04 Å². The number of nitrogens with zero attached hydrogens (tertiary/aromatic N) is 1. The Labute approximate surface area is 127 Å². The Morgan fingerprint density at radius 3 is 2.24 bits per heavy atom. The predicted octanol–water partition coefficient (Wildman–Crippen LogP) is 4.75. The highest BCUT2D eigenvalue weighted by atomic mass is 14.9. The quantitative estimate of drug-likeness (QED) is 0.827. The van der Waals surface area contributed by atoms with E-state index in [0.29, 0.717) is 11.6 Å². The molecule has 0 aliphatic heterocycles. The number of nitriles is 1. The van der Waals surface area contributed by atoms with Gasteiger partial charge in [-0.25, -0.2) is 0 Å². The van der Waals surface area contributed by atoms with Crippen molar-refractivity contribution in [2.75, 3.05) is 0 Å². The maximum absolute atomic E-state index is 8.87. The van der Waals surface area contributed by atoms with Crippen molar-refractivity contribution in [3.8, 4) is 6.07 Å². The summed E-state index contributed by atoms with van der Waals surface area (Å²) in [6.07, 6.45) is 2.26. The van der Waals surface area contributed by atoms with Crippen LogP contribution in [0.2, 0.25) is 0 Å². The summed E-state index contributed by atoms with van der Waals surface area (Å²) in [5.74, 6) is 0. The minimum atomic E-state index is 0.259. The van der Waals surface area contributed by atoms with E-state index >= 15 is 0 Å². The van der Waals surface area contributed by atoms with Crippen LogP contribution in [0.25, 0.3) is 0 Å². The van der Waals surface area contributed by atoms with Gasteiger partial charge in [-0.15, -0.1) is 0 Å². The zero-order chi connectivity index (χ0) is 15.1. The van der Waals surface area contributed by atoms with Crippen LogP contribution in [0.3, 0.4) is 0 Å². The van der Waals surface area contributed by atoms with Crippen LogP contribution in [0, 0.1) is 11.3 Å². The van der Waals surface area contributed by atoms with Gasteiger partial charge in [0.15, 0.2) is 0 Å². The van der Waals surface area contributed by atoms with E-state index in [0.717, 1.165) is 12.8 Å². The van der Waals surface area contributed by atoms with E-state index in [2.05, 4.69) is 55.6 Å². The van der Waals surface area contributed by atoms with E-state index < -0.39 is 0 Å². The lowest BCUT2D eigenvalue weighted by Gasteiger charge is -2.24. The third-order valence-corrected chi connectivity index (χ3v) is 3.77. The first-order valence-corrected chi connectivity index (χ1v) is 7.55. The van der Waals surface area contributed by atoms with Gasteiger partial charge in [-0.3, -0.25) is 0 Å². The lowest BCUT2D eigenvalue weighted by atomic mass is 9.99. The van der Waals surface area contributed by atoms with E-state index in [1.54, 1.807) is 0 Å². The fourth-order valence-electron chi connectivity index (χ4n) is 2.56. The minimum Gasteiger partial charge on any atom is -0.303 e. The largest absolute Gasteiger partial charge is 0.303 e. The molecule has 0 aliphatic rings. The van der Waals surface area contributed by atoms with Crippen molar-refractivity contribution in [1.82, 2.24) is 5.32 Å². The molecule has 0 spiro atoms. The summed E-state index contributed by atoms with van der Waals surface area (Å²) < 4.78 is 0. The molecule has 2 nitrogen and oxygen atoms in total. The predicted molar refractivity (Wildman–Crippen MR) is 86.8 cm³/mol. The highest BCUT2D eigenvalue weighted by Gasteiger charge is 2.14. The second-order valence-corrected chi connectivity index (χ2v) is 5.37. The smallest absolute Gasteiger partial charge is 0.0991 e. The second-order valence-electron chi connectivity index (χ2n) is 5.37. The van der Waals surface area contributed by atoms with Gasteiger partial charge >= 0.3 is 0 Å². The number of nitrogens with one attached hydrogen (secondary N) is 1. The Kier molecular flexibility index (Phi) is 5.54. The molecule has 0 aromatic heterocycles. The number of benzene rings is 2. The van der Waals surface area contributed by atoms with E-state index in [4.69, 9.17) is 5.26 Å². The highest BCUT2D eigenvalue weighted by molar-refractivity contribution is 5.33. The lowest BCUT2D eigenvalue weighted by Crippen LogP contribution is -2.24. The van der Waals surface area contributed by atoms with Crippen LogP contribution in [0.1, 0.15) is 55.5 Å². The van der Waals surface area contributed by atoms with E-state index in [1.165, 1.54) is 11.1 Å². The first kappa shape index (κ1) is 15.3. The third kappa shape index (κ3) is 4.18. The molecule has 0 saturated heterocycles. The summed E-state index contributed by atoms with van der Waals surface area (Å²) in [6.45, 7) is 4.39. The minimum absolute atomic E-state index is 0.259. The Morgan fingerprint density at radius 1 is 1.00 bits per heavy atom. The van der Waals surface area contributed by atoms with Crippen molar-refractivity contribution in [3.63, 3.8) is 0 Å². The molecule has 0 fully saturated rings. The molecule has 2 atom stereocenters. The van der Waals surface area contributed by atoms with Crippen LogP contribution in [0.5, 0.6) is 0 Å². The summed E-state index contributed by atoms with van der Waals surface area (Å²) in [7, 11) is 0. The van der Waals surface area contributed by atoms with Gasteiger partial charge in [0.25, 0.3) is 0 Å². The molecule has 0 amide bonds. The van der Waals surface area contributed by atoms with Crippen LogP contribution >= 0.6 is 0 Å². The molecule has 2 heteroatoms. The van der Waals surface area contributed by atoms with Crippen LogP contribution < -0.4 is 5.32 Å². The average Bonchev–Trinajstić information content (AvgIpc) is 2.55. The summed E-state index contributed by atoms with van der Waals surface area (Å²) >= 11 is 0. The first-order chi connectivity index (χ1) is 10.2. The molecule has 0 aliphatic carbocycles. The van der Waals surface area contributed by atoms with Gasteiger partial charge in [-0.05, 0) is 36.6 Å². The molecule has 2 aromatic carbocycles. The Bertz CT molecular complexity index is 581. The average molecular weight is 278 g/mol.